The Bertz CT molecular complexity index is 562. The average molecular weight is 280 g/mol. The van der Waals surface area contributed by atoms with Crippen LogP contribution < -0.4 is 10.6 Å². The SMILES string of the molecule is O=C1CCC(c2c(F)cc(C3CNC3)cc2F)C(=O)N1. The highest BCUT2D eigenvalue weighted by Crippen LogP contribution is 2.32. The molecule has 2 aliphatic rings. The maximum absolute atomic E-state index is 14.2. The van der Waals surface area contributed by atoms with E-state index in [1.165, 1.54) is 12.1 Å². The molecule has 1 atom stereocenters. The first kappa shape index (κ1) is 13.2. The van der Waals surface area contributed by atoms with E-state index in [0.717, 1.165) is 0 Å². The molecular formula is C14H14F2N2O2. The third kappa shape index (κ3) is 2.20. The van der Waals surface area contributed by atoms with Gasteiger partial charge in [0.1, 0.15) is 11.6 Å². The lowest BCUT2D eigenvalue weighted by Gasteiger charge is -2.28. The molecule has 0 radical (unpaired) electrons. The number of carbonyl (C=O) groups is 2. The number of hydrogen-bond acceptors (Lipinski definition) is 3. The van der Waals surface area contributed by atoms with Gasteiger partial charge in [-0.05, 0) is 24.1 Å². The maximum atomic E-state index is 14.2. The Balaban J connectivity index is 1.93. The standard InChI is InChI=1S/C14H14F2N2O2/c15-10-3-7(8-5-17-6-8)4-11(16)13(10)9-1-2-12(19)18-14(9)20/h3-4,8-9,17H,1-2,5-6H2,(H,18,19,20). The van der Waals surface area contributed by atoms with Crippen LogP contribution in [0.4, 0.5) is 8.78 Å². The van der Waals surface area contributed by atoms with Gasteiger partial charge in [-0.2, -0.15) is 0 Å². The fourth-order valence-electron chi connectivity index (χ4n) is 2.67. The van der Waals surface area contributed by atoms with Crippen molar-refractivity contribution in [2.45, 2.75) is 24.7 Å². The summed E-state index contributed by atoms with van der Waals surface area (Å²) in [6, 6.07) is 2.60. The summed E-state index contributed by atoms with van der Waals surface area (Å²) < 4.78 is 28.3. The molecule has 2 aliphatic heterocycles. The van der Waals surface area contributed by atoms with Crippen LogP contribution in [-0.2, 0) is 9.59 Å². The highest BCUT2D eigenvalue weighted by Gasteiger charge is 2.33. The zero-order chi connectivity index (χ0) is 14.3. The van der Waals surface area contributed by atoms with Crippen LogP contribution in [0.25, 0.3) is 0 Å². The van der Waals surface area contributed by atoms with Crippen LogP contribution in [0.5, 0.6) is 0 Å². The molecule has 0 aromatic heterocycles. The van der Waals surface area contributed by atoms with E-state index in [1.54, 1.807) is 0 Å². The molecule has 2 saturated heterocycles. The number of carbonyl (C=O) groups excluding carboxylic acids is 2. The topological polar surface area (TPSA) is 58.2 Å². The Hall–Kier alpha value is -1.82. The molecule has 4 nitrogen and oxygen atoms in total. The molecule has 6 heteroatoms. The predicted octanol–water partition coefficient (Wildman–Crippen LogP) is 1.17. The number of piperidine rings is 1. The molecular weight excluding hydrogens is 266 g/mol. The molecule has 0 spiro atoms. The van der Waals surface area contributed by atoms with E-state index < -0.39 is 29.4 Å². The van der Waals surface area contributed by atoms with Gasteiger partial charge < -0.3 is 5.32 Å². The highest BCUT2D eigenvalue weighted by molar-refractivity contribution is 6.00. The second kappa shape index (κ2) is 4.94. The molecule has 1 aromatic rings. The normalized spacial score (nSPS) is 23.4. The molecule has 0 aliphatic carbocycles. The predicted molar refractivity (Wildman–Crippen MR) is 67.1 cm³/mol. The molecule has 2 N–H and O–H groups in total. The third-order valence-corrected chi connectivity index (χ3v) is 3.94. The van der Waals surface area contributed by atoms with E-state index in [2.05, 4.69) is 10.6 Å². The van der Waals surface area contributed by atoms with Crippen molar-refractivity contribution in [3.05, 3.63) is 34.9 Å². The van der Waals surface area contributed by atoms with Crippen LogP contribution in [-0.4, -0.2) is 24.9 Å². The van der Waals surface area contributed by atoms with Crippen molar-refractivity contribution < 1.29 is 18.4 Å². The van der Waals surface area contributed by atoms with Crippen molar-refractivity contribution in [2.75, 3.05) is 13.1 Å². The van der Waals surface area contributed by atoms with E-state index in [1.807, 2.05) is 0 Å². The van der Waals surface area contributed by atoms with Crippen LogP contribution in [0.3, 0.4) is 0 Å². The summed E-state index contributed by atoms with van der Waals surface area (Å²) in [5, 5.41) is 5.16. The molecule has 1 unspecified atom stereocenters. The van der Waals surface area contributed by atoms with Crippen LogP contribution in [0.2, 0.25) is 0 Å². The quantitative estimate of drug-likeness (QED) is 0.800. The number of rotatable bonds is 2. The lowest BCUT2D eigenvalue weighted by molar-refractivity contribution is -0.134. The number of amides is 2. The van der Waals surface area contributed by atoms with Crippen molar-refractivity contribution in [3.8, 4) is 0 Å². The molecule has 2 amide bonds. The lowest BCUT2D eigenvalue weighted by atomic mass is 9.86. The van der Waals surface area contributed by atoms with Crippen molar-refractivity contribution in [3.63, 3.8) is 0 Å². The lowest BCUT2D eigenvalue weighted by Crippen LogP contribution is -2.41. The molecule has 2 heterocycles. The van der Waals surface area contributed by atoms with Gasteiger partial charge in [-0.3, -0.25) is 14.9 Å². The van der Waals surface area contributed by atoms with E-state index in [4.69, 9.17) is 0 Å². The van der Waals surface area contributed by atoms with Gasteiger partial charge in [-0.15, -0.1) is 0 Å². The molecule has 1 aromatic carbocycles. The van der Waals surface area contributed by atoms with Crippen molar-refractivity contribution in [1.29, 1.82) is 0 Å². The van der Waals surface area contributed by atoms with Gasteiger partial charge in [-0.1, -0.05) is 0 Å². The first-order chi connectivity index (χ1) is 9.56. The highest BCUT2D eigenvalue weighted by atomic mass is 19.1. The minimum atomic E-state index is -0.929. The van der Waals surface area contributed by atoms with Gasteiger partial charge in [0.05, 0.1) is 5.92 Å². The minimum Gasteiger partial charge on any atom is -0.315 e. The smallest absolute Gasteiger partial charge is 0.234 e. The maximum Gasteiger partial charge on any atom is 0.234 e. The van der Waals surface area contributed by atoms with Crippen LogP contribution in [0, 0.1) is 11.6 Å². The first-order valence-corrected chi connectivity index (χ1v) is 6.59. The number of benzene rings is 1. The van der Waals surface area contributed by atoms with Crippen molar-refractivity contribution in [1.82, 2.24) is 10.6 Å². The van der Waals surface area contributed by atoms with Gasteiger partial charge in [0.2, 0.25) is 11.8 Å². The third-order valence-electron chi connectivity index (χ3n) is 3.94. The van der Waals surface area contributed by atoms with Gasteiger partial charge in [0.25, 0.3) is 0 Å². The number of hydrogen-bond donors (Lipinski definition) is 2. The van der Waals surface area contributed by atoms with Gasteiger partial charge in [-0.25, -0.2) is 8.78 Å². The Labute approximate surface area is 114 Å². The zero-order valence-electron chi connectivity index (χ0n) is 10.7. The molecule has 0 saturated carbocycles. The summed E-state index contributed by atoms with van der Waals surface area (Å²) >= 11 is 0. The number of imide groups is 1. The Kier molecular flexibility index (Phi) is 3.25. The largest absolute Gasteiger partial charge is 0.315 e. The van der Waals surface area contributed by atoms with Crippen LogP contribution >= 0.6 is 0 Å². The Morgan fingerprint density at radius 2 is 1.75 bits per heavy atom. The molecule has 106 valence electrons. The van der Waals surface area contributed by atoms with E-state index in [-0.39, 0.29) is 24.3 Å². The van der Waals surface area contributed by atoms with Crippen LogP contribution in [0.15, 0.2) is 12.1 Å². The summed E-state index contributed by atoms with van der Waals surface area (Å²) in [5.74, 6) is -3.25. The molecule has 3 rings (SSSR count). The Morgan fingerprint density at radius 3 is 2.25 bits per heavy atom. The second-order valence-corrected chi connectivity index (χ2v) is 5.26. The minimum absolute atomic E-state index is 0.101. The van der Waals surface area contributed by atoms with Gasteiger partial charge in [0, 0.05) is 31.0 Å². The Morgan fingerprint density at radius 1 is 1.10 bits per heavy atom. The number of halogens is 2. The average Bonchev–Trinajstić information content (AvgIpc) is 2.28. The monoisotopic (exact) mass is 280 g/mol. The molecule has 2 fully saturated rings. The van der Waals surface area contributed by atoms with Gasteiger partial charge >= 0.3 is 0 Å². The summed E-state index contributed by atoms with van der Waals surface area (Å²) in [6.07, 6.45) is 0.242. The zero-order valence-corrected chi connectivity index (χ0v) is 10.7. The van der Waals surface area contributed by atoms with E-state index in [0.29, 0.717) is 18.7 Å². The fourth-order valence-corrected chi connectivity index (χ4v) is 2.67. The fraction of sp³-hybridized carbons (Fsp3) is 0.429. The summed E-state index contributed by atoms with van der Waals surface area (Å²) in [7, 11) is 0. The van der Waals surface area contributed by atoms with Crippen LogP contribution in [0.1, 0.15) is 35.8 Å². The molecule has 0 bridgehead atoms. The van der Waals surface area contributed by atoms with Crippen molar-refractivity contribution in [2.24, 2.45) is 0 Å². The summed E-state index contributed by atoms with van der Waals surface area (Å²) in [6.45, 7) is 1.41. The second-order valence-electron chi connectivity index (χ2n) is 5.26. The molecule has 20 heavy (non-hydrogen) atoms. The van der Waals surface area contributed by atoms with E-state index in [9.17, 15) is 18.4 Å². The first-order valence-electron chi connectivity index (χ1n) is 6.59. The van der Waals surface area contributed by atoms with E-state index >= 15 is 0 Å². The number of nitrogens with one attached hydrogen (secondary N) is 2. The summed E-state index contributed by atoms with van der Waals surface area (Å²) in [5.41, 5.74) is 0.376. The van der Waals surface area contributed by atoms with Crippen molar-refractivity contribution >= 4 is 11.8 Å². The summed E-state index contributed by atoms with van der Waals surface area (Å²) in [4.78, 5) is 22.8. The van der Waals surface area contributed by atoms with Gasteiger partial charge in [0.15, 0.2) is 0 Å².